The van der Waals surface area contributed by atoms with E-state index in [0.29, 0.717) is 11.5 Å². The third-order valence-corrected chi connectivity index (χ3v) is 3.25. The van der Waals surface area contributed by atoms with Crippen molar-refractivity contribution in [2.45, 2.75) is 40.2 Å². The molecule has 1 atom stereocenters. The van der Waals surface area contributed by atoms with Gasteiger partial charge in [-0.15, -0.1) is 0 Å². The molecule has 14 heavy (non-hydrogen) atoms. The van der Waals surface area contributed by atoms with Crippen LogP contribution in [-0.2, 0) is 0 Å². The monoisotopic (exact) mass is 219 g/mol. The molecule has 2 N–H and O–H groups in total. The van der Waals surface area contributed by atoms with E-state index in [1.54, 1.807) is 0 Å². The van der Waals surface area contributed by atoms with E-state index < -0.39 is 0 Å². The lowest BCUT2D eigenvalue weighted by atomic mass is 9.88. The Morgan fingerprint density at radius 1 is 1.36 bits per heavy atom. The summed E-state index contributed by atoms with van der Waals surface area (Å²) < 4.78 is 0. The summed E-state index contributed by atoms with van der Waals surface area (Å²) in [5.74, 6) is 1.93. The normalized spacial score (nSPS) is 14.4. The summed E-state index contributed by atoms with van der Waals surface area (Å²) in [6, 6.07) is 0.541. The van der Waals surface area contributed by atoms with Crippen LogP contribution in [0, 0.1) is 5.41 Å². The van der Waals surface area contributed by atoms with E-state index in [0.717, 1.165) is 18.1 Å². The van der Waals surface area contributed by atoms with E-state index in [2.05, 4.69) is 33.0 Å². The number of rotatable bonds is 7. The van der Waals surface area contributed by atoms with Gasteiger partial charge >= 0.3 is 0 Å². The van der Waals surface area contributed by atoms with Crippen molar-refractivity contribution in [2.24, 2.45) is 5.41 Å². The van der Waals surface area contributed by atoms with Crippen molar-refractivity contribution >= 4 is 11.8 Å². The van der Waals surface area contributed by atoms with Crippen molar-refractivity contribution in [1.82, 2.24) is 5.32 Å². The number of thioether (sulfide) groups is 1. The lowest BCUT2D eigenvalue weighted by Crippen LogP contribution is -2.42. The second-order valence-electron chi connectivity index (χ2n) is 4.67. The van der Waals surface area contributed by atoms with Gasteiger partial charge in [-0.3, -0.25) is 0 Å². The molecule has 2 nitrogen and oxygen atoms in total. The van der Waals surface area contributed by atoms with Crippen molar-refractivity contribution in [3.8, 4) is 0 Å². The zero-order chi connectivity index (χ0) is 11.0. The van der Waals surface area contributed by atoms with Crippen LogP contribution >= 0.6 is 11.8 Å². The van der Waals surface area contributed by atoms with E-state index in [1.807, 2.05) is 11.8 Å². The van der Waals surface area contributed by atoms with Crippen LogP contribution in [0.3, 0.4) is 0 Å². The molecule has 0 aliphatic carbocycles. The third kappa shape index (κ3) is 6.68. The van der Waals surface area contributed by atoms with E-state index in [1.165, 1.54) is 6.42 Å². The van der Waals surface area contributed by atoms with Crippen molar-refractivity contribution in [2.75, 3.05) is 24.7 Å². The average molecular weight is 219 g/mol. The average Bonchev–Trinajstić information content (AvgIpc) is 2.09. The standard InChI is InChI=1S/C11H25NOS/c1-5-6-12-10(11(2,3)4)9-14-8-7-13/h10,12-13H,5-9H2,1-4H3. The Bertz CT molecular complexity index is 134. The highest BCUT2D eigenvalue weighted by Gasteiger charge is 2.23. The first-order valence-electron chi connectivity index (χ1n) is 5.44. The van der Waals surface area contributed by atoms with Gasteiger partial charge in [0.05, 0.1) is 6.61 Å². The summed E-state index contributed by atoms with van der Waals surface area (Å²) >= 11 is 1.83. The predicted octanol–water partition coefficient (Wildman–Crippen LogP) is 2.13. The summed E-state index contributed by atoms with van der Waals surface area (Å²) in [4.78, 5) is 0. The first-order valence-corrected chi connectivity index (χ1v) is 6.59. The van der Waals surface area contributed by atoms with Gasteiger partial charge in [-0.05, 0) is 18.4 Å². The molecular weight excluding hydrogens is 194 g/mol. The van der Waals surface area contributed by atoms with Crippen molar-refractivity contribution < 1.29 is 5.11 Å². The molecule has 0 fully saturated rings. The van der Waals surface area contributed by atoms with Gasteiger partial charge in [0.15, 0.2) is 0 Å². The van der Waals surface area contributed by atoms with Crippen LogP contribution in [0.5, 0.6) is 0 Å². The summed E-state index contributed by atoms with van der Waals surface area (Å²) in [7, 11) is 0. The Morgan fingerprint density at radius 2 is 2.00 bits per heavy atom. The quantitative estimate of drug-likeness (QED) is 0.643. The smallest absolute Gasteiger partial charge is 0.0521 e. The maximum absolute atomic E-state index is 8.72. The van der Waals surface area contributed by atoms with E-state index in [-0.39, 0.29) is 6.61 Å². The van der Waals surface area contributed by atoms with E-state index in [4.69, 9.17) is 5.11 Å². The summed E-state index contributed by atoms with van der Waals surface area (Å²) in [6.45, 7) is 10.4. The Labute approximate surface area is 92.9 Å². The largest absolute Gasteiger partial charge is 0.396 e. The first-order chi connectivity index (χ1) is 6.52. The molecule has 1 unspecified atom stereocenters. The molecule has 0 amide bonds. The summed E-state index contributed by atoms with van der Waals surface area (Å²) in [6.07, 6.45) is 1.18. The molecule has 0 aromatic rings. The number of nitrogens with one attached hydrogen (secondary N) is 1. The minimum Gasteiger partial charge on any atom is -0.396 e. The number of hydrogen-bond donors (Lipinski definition) is 2. The predicted molar refractivity (Wildman–Crippen MR) is 65.9 cm³/mol. The highest BCUT2D eigenvalue weighted by Crippen LogP contribution is 2.22. The molecule has 3 heteroatoms. The molecule has 0 rings (SSSR count). The molecule has 0 heterocycles. The van der Waals surface area contributed by atoms with Gasteiger partial charge in [0.1, 0.15) is 0 Å². The van der Waals surface area contributed by atoms with Crippen LogP contribution < -0.4 is 5.32 Å². The maximum Gasteiger partial charge on any atom is 0.0521 e. The minimum absolute atomic E-state index is 0.287. The minimum atomic E-state index is 0.287. The Morgan fingerprint density at radius 3 is 2.43 bits per heavy atom. The SMILES string of the molecule is CCCNC(CSCCO)C(C)(C)C. The fourth-order valence-corrected chi connectivity index (χ4v) is 2.35. The molecule has 0 spiro atoms. The van der Waals surface area contributed by atoms with Crippen LogP contribution in [-0.4, -0.2) is 35.8 Å². The highest BCUT2D eigenvalue weighted by molar-refractivity contribution is 7.99. The topological polar surface area (TPSA) is 32.3 Å². The Hall–Kier alpha value is 0.270. The molecule has 0 bridgehead atoms. The van der Waals surface area contributed by atoms with Crippen LogP contribution in [0.1, 0.15) is 34.1 Å². The lowest BCUT2D eigenvalue weighted by Gasteiger charge is -2.31. The van der Waals surface area contributed by atoms with Crippen molar-refractivity contribution in [1.29, 1.82) is 0 Å². The molecule has 0 saturated carbocycles. The van der Waals surface area contributed by atoms with Gasteiger partial charge in [0.2, 0.25) is 0 Å². The van der Waals surface area contributed by atoms with E-state index in [9.17, 15) is 0 Å². The van der Waals surface area contributed by atoms with Gasteiger partial charge in [-0.25, -0.2) is 0 Å². The van der Waals surface area contributed by atoms with Crippen molar-refractivity contribution in [3.05, 3.63) is 0 Å². The fraction of sp³-hybridized carbons (Fsp3) is 1.00. The van der Waals surface area contributed by atoms with Gasteiger partial charge in [-0.1, -0.05) is 27.7 Å². The molecule has 0 radical (unpaired) electrons. The van der Waals surface area contributed by atoms with Gasteiger partial charge < -0.3 is 10.4 Å². The van der Waals surface area contributed by atoms with Gasteiger partial charge in [-0.2, -0.15) is 11.8 Å². The van der Waals surface area contributed by atoms with Gasteiger partial charge in [0.25, 0.3) is 0 Å². The number of hydrogen-bond acceptors (Lipinski definition) is 3. The van der Waals surface area contributed by atoms with Crippen LogP contribution in [0.25, 0.3) is 0 Å². The summed E-state index contributed by atoms with van der Waals surface area (Å²) in [5, 5.41) is 12.3. The molecule has 0 saturated heterocycles. The lowest BCUT2D eigenvalue weighted by molar-refractivity contribution is 0.291. The van der Waals surface area contributed by atoms with E-state index >= 15 is 0 Å². The Balaban J connectivity index is 3.85. The van der Waals surface area contributed by atoms with Crippen LogP contribution in [0.2, 0.25) is 0 Å². The van der Waals surface area contributed by atoms with Crippen LogP contribution in [0.15, 0.2) is 0 Å². The fourth-order valence-electron chi connectivity index (χ4n) is 1.20. The molecule has 0 aliphatic heterocycles. The molecule has 0 aromatic heterocycles. The second-order valence-corrected chi connectivity index (χ2v) is 5.82. The number of aliphatic hydroxyl groups excluding tert-OH is 1. The second kappa shape index (κ2) is 7.55. The molecule has 86 valence electrons. The number of aliphatic hydroxyl groups is 1. The first kappa shape index (κ1) is 14.3. The third-order valence-electron chi connectivity index (χ3n) is 2.21. The summed E-state index contributed by atoms with van der Waals surface area (Å²) in [5.41, 5.74) is 0.303. The van der Waals surface area contributed by atoms with Gasteiger partial charge in [0, 0.05) is 17.5 Å². The highest BCUT2D eigenvalue weighted by atomic mass is 32.2. The molecule has 0 aromatic carbocycles. The zero-order valence-corrected chi connectivity index (χ0v) is 10.8. The Kier molecular flexibility index (Phi) is 7.69. The van der Waals surface area contributed by atoms with Crippen LogP contribution in [0.4, 0.5) is 0 Å². The zero-order valence-electron chi connectivity index (χ0n) is 9.97. The maximum atomic E-state index is 8.72. The molecular formula is C11H25NOS. The van der Waals surface area contributed by atoms with Crippen molar-refractivity contribution in [3.63, 3.8) is 0 Å². The molecule has 0 aliphatic rings.